The molecule has 0 radical (unpaired) electrons. The molecule has 7 nitrogen and oxygen atoms in total. The van der Waals surface area contributed by atoms with E-state index < -0.39 is 23.8 Å². The Morgan fingerprint density at radius 1 is 1.24 bits per heavy atom. The van der Waals surface area contributed by atoms with Crippen LogP contribution >= 0.6 is 0 Å². The van der Waals surface area contributed by atoms with Crippen molar-refractivity contribution in [1.29, 1.82) is 0 Å². The van der Waals surface area contributed by atoms with Gasteiger partial charge in [-0.2, -0.15) is 4.79 Å². The van der Waals surface area contributed by atoms with Crippen LogP contribution in [0.2, 0.25) is 0 Å². The first kappa shape index (κ1) is 19.2. The molecule has 1 aliphatic heterocycles. The summed E-state index contributed by atoms with van der Waals surface area (Å²) in [5, 5.41) is 22.6. The van der Waals surface area contributed by atoms with Gasteiger partial charge in [-0.15, -0.1) is 0 Å². The fourth-order valence-corrected chi connectivity index (χ4v) is 3.24. The molecule has 0 aromatic heterocycles. The molecule has 1 heterocycles. The second-order valence-electron chi connectivity index (χ2n) is 7.56. The number of likely N-dealkylation sites (tertiary alicyclic amines) is 1. The molecular weight excluding hydrogens is 324 g/mol. The van der Waals surface area contributed by atoms with E-state index in [0.717, 1.165) is 5.56 Å². The Labute approximate surface area is 147 Å². The van der Waals surface area contributed by atoms with Gasteiger partial charge in [-0.3, -0.25) is 0 Å². The second-order valence-corrected chi connectivity index (χ2v) is 7.56. The minimum absolute atomic E-state index is 0.129. The molecule has 0 bridgehead atoms. The lowest BCUT2D eigenvalue weighted by Gasteiger charge is -2.40. The number of ether oxygens (including phenoxy) is 1. The number of nitrogens with one attached hydrogen (secondary N) is 1. The smallest absolute Gasteiger partial charge is 0.445 e. The third-order valence-corrected chi connectivity index (χ3v) is 4.96. The lowest BCUT2D eigenvalue weighted by atomic mass is 10.0. The number of carboxylic acid groups (broad SMARTS) is 1. The van der Waals surface area contributed by atoms with E-state index in [-0.39, 0.29) is 36.6 Å². The first-order valence-electron chi connectivity index (χ1n) is 8.39. The molecule has 2 amide bonds. The van der Waals surface area contributed by atoms with Crippen LogP contribution in [0, 0.1) is 5.92 Å². The van der Waals surface area contributed by atoms with E-state index in [9.17, 15) is 19.8 Å². The third kappa shape index (κ3) is 4.29. The van der Waals surface area contributed by atoms with Crippen LogP contribution in [-0.2, 0) is 11.3 Å². The molecule has 7 heteroatoms. The first-order valence-corrected chi connectivity index (χ1v) is 8.39. The van der Waals surface area contributed by atoms with Gasteiger partial charge in [0, 0.05) is 6.54 Å². The molecule has 1 aromatic carbocycles. The fraction of sp³-hybridized carbons (Fsp3) is 0.556. The summed E-state index contributed by atoms with van der Waals surface area (Å²) in [6, 6.07) is 9.32. The van der Waals surface area contributed by atoms with Crippen molar-refractivity contribution < 1.29 is 29.0 Å². The van der Waals surface area contributed by atoms with Gasteiger partial charge in [-0.05, 0) is 26.3 Å². The van der Waals surface area contributed by atoms with Gasteiger partial charge in [-0.1, -0.05) is 30.3 Å². The van der Waals surface area contributed by atoms with Gasteiger partial charge in [0.15, 0.2) is 0 Å². The monoisotopic (exact) mass is 351 g/mol. The molecule has 0 spiro atoms. The molecule has 1 aromatic rings. The minimum Gasteiger partial charge on any atom is -0.445 e. The number of carbonyl (C=O) groups is 2. The highest BCUT2D eigenvalue weighted by atomic mass is 16.5. The van der Waals surface area contributed by atoms with Crippen LogP contribution in [0.1, 0.15) is 26.3 Å². The highest BCUT2D eigenvalue weighted by Gasteiger charge is 2.56. The number of nitrogens with zero attached hydrogens (tertiary/aromatic N) is 1. The van der Waals surface area contributed by atoms with Crippen LogP contribution in [0.4, 0.5) is 9.59 Å². The topological polar surface area (TPSA) is 95.9 Å². The number of hydrogen-bond acceptors (Lipinski definition) is 4. The first-order chi connectivity index (χ1) is 11.7. The number of aliphatic hydroxyl groups excluding tert-OH is 1. The zero-order valence-electron chi connectivity index (χ0n) is 14.9. The molecule has 1 aliphatic rings. The molecule has 138 valence electrons. The van der Waals surface area contributed by atoms with E-state index in [0.29, 0.717) is 0 Å². The highest BCUT2D eigenvalue weighted by molar-refractivity contribution is 5.67. The van der Waals surface area contributed by atoms with Crippen molar-refractivity contribution in [2.75, 3.05) is 19.6 Å². The summed E-state index contributed by atoms with van der Waals surface area (Å²) in [5.41, 5.74) is 0.336. The molecule has 1 saturated heterocycles. The van der Waals surface area contributed by atoms with Crippen molar-refractivity contribution in [3.63, 3.8) is 0 Å². The predicted molar refractivity (Wildman–Crippen MR) is 91.9 cm³/mol. The molecule has 25 heavy (non-hydrogen) atoms. The van der Waals surface area contributed by atoms with Gasteiger partial charge in [0.05, 0.1) is 12.5 Å². The quantitative estimate of drug-likeness (QED) is 0.723. The summed E-state index contributed by atoms with van der Waals surface area (Å²) < 4.78 is 4.91. The van der Waals surface area contributed by atoms with Crippen molar-refractivity contribution in [3.05, 3.63) is 35.9 Å². The van der Waals surface area contributed by atoms with Crippen molar-refractivity contribution >= 4 is 12.2 Å². The van der Waals surface area contributed by atoms with Crippen LogP contribution in [0.3, 0.4) is 0 Å². The van der Waals surface area contributed by atoms with Crippen LogP contribution in [0.25, 0.3) is 0 Å². The summed E-state index contributed by atoms with van der Waals surface area (Å²) in [5.74, 6) is -0.334. The van der Waals surface area contributed by atoms with Crippen LogP contribution < -0.4 is 5.32 Å². The number of rotatable bonds is 4. The zero-order valence-corrected chi connectivity index (χ0v) is 14.9. The maximum Gasteiger partial charge on any atom is 0.514 e. The summed E-state index contributed by atoms with van der Waals surface area (Å²) in [4.78, 5) is 23.6. The number of benzene rings is 1. The highest BCUT2D eigenvalue weighted by Crippen LogP contribution is 2.34. The van der Waals surface area contributed by atoms with E-state index in [1.54, 1.807) is 0 Å². The Morgan fingerprint density at radius 3 is 2.40 bits per heavy atom. The zero-order chi connectivity index (χ0) is 18.7. The lowest BCUT2D eigenvalue weighted by molar-refractivity contribution is -0.894. The fourth-order valence-electron chi connectivity index (χ4n) is 3.24. The molecular formula is C18H27N2O5+. The van der Waals surface area contributed by atoms with Crippen LogP contribution in [0.5, 0.6) is 0 Å². The number of hydrogen-bond donors (Lipinski definition) is 3. The van der Waals surface area contributed by atoms with Crippen LogP contribution in [0.15, 0.2) is 30.3 Å². The van der Waals surface area contributed by atoms with Gasteiger partial charge in [-0.25, -0.2) is 9.28 Å². The van der Waals surface area contributed by atoms with E-state index in [4.69, 9.17) is 4.74 Å². The Kier molecular flexibility index (Phi) is 5.69. The summed E-state index contributed by atoms with van der Waals surface area (Å²) >= 11 is 0. The normalized spacial score (nSPS) is 26.2. The maximum atomic E-state index is 11.8. The van der Waals surface area contributed by atoms with E-state index in [1.165, 1.54) is 0 Å². The average molecular weight is 351 g/mol. The van der Waals surface area contributed by atoms with Crippen molar-refractivity contribution in [3.8, 4) is 0 Å². The summed E-state index contributed by atoms with van der Waals surface area (Å²) in [7, 11) is 0. The lowest BCUT2D eigenvalue weighted by Crippen LogP contribution is -2.62. The minimum atomic E-state index is -0.958. The molecule has 0 aliphatic carbocycles. The number of aliphatic hydroxyl groups is 1. The molecule has 3 N–H and O–H groups in total. The summed E-state index contributed by atoms with van der Waals surface area (Å²) in [6.45, 7) is 6.27. The molecule has 2 rings (SSSR count). The van der Waals surface area contributed by atoms with Gasteiger partial charge in [0.25, 0.3) is 0 Å². The van der Waals surface area contributed by atoms with Gasteiger partial charge in [0.1, 0.15) is 24.8 Å². The maximum absolute atomic E-state index is 11.8. The average Bonchev–Trinajstić information content (AvgIpc) is 2.90. The van der Waals surface area contributed by atoms with Gasteiger partial charge >= 0.3 is 12.2 Å². The van der Waals surface area contributed by atoms with E-state index >= 15 is 0 Å². The van der Waals surface area contributed by atoms with E-state index in [1.807, 2.05) is 51.1 Å². The van der Waals surface area contributed by atoms with Crippen molar-refractivity contribution in [2.24, 2.45) is 5.92 Å². The Balaban J connectivity index is 1.88. The van der Waals surface area contributed by atoms with E-state index in [2.05, 4.69) is 5.32 Å². The SMILES string of the molecule is CC(C)(C)[N+]1(C(=O)O)C[C@H](CNC(=O)OCc2ccccc2)[C@H](O)C1. The largest absolute Gasteiger partial charge is 0.514 e. The second kappa shape index (κ2) is 7.41. The van der Waals surface area contributed by atoms with Gasteiger partial charge in [0.2, 0.25) is 0 Å². The molecule has 0 saturated carbocycles. The standard InChI is InChI=1S/C18H26N2O5/c1-18(2,3)20(17(23)24)10-14(15(21)11-20)9-19-16(22)25-12-13-7-5-4-6-8-13/h4-8,14-15,21H,9-12H2,1-3H3,(H-,19,22,23,24)/p+1/t14-,15+,20?/m0/s1. The molecule has 3 atom stereocenters. The molecule has 1 unspecified atom stereocenters. The number of alkyl carbamates (subject to hydrolysis) is 1. The Hall–Kier alpha value is -2.12. The number of amides is 2. The predicted octanol–water partition coefficient (Wildman–Crippen LogP) is 2.20. The Bertz CT molecular complexity index is 614. The van der Waals surface area contributed by atoms with Gasteiger partial charge < -0.3 is 20.3 Å². The Morgan fingerprint density at radius 2 is 1.88 bits per heavy atom. The summed E-state index contributed by atoms with van der Waals surface area (Å²) in [6.07, 6.45) is -2.32. The van der Waals surface area contributed by atoms with Crippen molar-refractivity contribution in [1.82, 2.24) is 5.32 Å². The number of quaternary nitrogens is 1. The molecule has 1 fully saturated rings. The number of carbonyl (C=O) groups excluding carboxylic acids is 1. The third-order valence-electron chi connectivity index (χ3n) is 4.96. The van der Waals surface area contributed by atoms with Crippen LogP contribution in [-0.4, -0.2) is 58.2 Å². The van der Waals surface area contributed by atoms with Crippen molar-refractivity contribution in [2.45, 2.75) is 39.0 Å².